The number of esters is 1. The maximum atomic E-state index is 10.7. The zero-order chi connectivity index (χ0) is 7.98. The standard InChI is InChI=1S/C5H10NO3P/c1-3-9-5(7)4(2)6-10-8/h4H,3H2,1-2H3,(H,6,8)/p+1/t4-/m0/s1. The molecule has 0 rings (SSSR count). The summed E-state index contributed by atoms with van der Waals surface area (Å²) in [6.07, 6.45) is 0. The smallest absolute Gasteiger partial charge is 0.419 e. The van der Waals surface area contributed by atoms with E-state index in [1.165, 1.54) is 0 Å². The van der Waals surface area contributed by atoms with Crippen LogP contribution in [0.15, 0.2) is 0 Å². The Morgan fingerprint density at radius 2 is 2.40 bits per heavy atom. The van der Waals surface area contributed by atoms with Gasteiger partial charge in [0.25, 0.3) is 0 Å². The van der Waals surface area contributed by atoms with Crippen LogP contribution in [0.25, 0.3) is 0 Å². The second-order valence-electron chi connectivity index (χ2n) is 1.72. The summed E-state index contributed by atoms with van der Waals surface area (Å²) in [5.41, 5.74) is 0. The molecule has 58 valence electrons. The number of hydrogen-bond acceptors (Lipinski definition) is 3. The van der Waals surface area contributed by atoms with E-state index in [-0.39, 0.29) is 5.97 Å². The number of carbonyl (C=O) groups excluding carboxylic acids is 1. The predicted octanol–water partition coefficient (Wildman–Crippen LogP) is 0.467. The van der Waals surface area contributed by atoms with Crippen LogP contribution < -0.4 is 5.09 Å². The van der Waals surface area contributed by atoms with E-state index in [1.54, 1.807) is 13.8 Å². The van der Waals surface area contributed by atoms with Crippen LogP contribution in [0.4, 0.5) is 0 Å². The lowest BCUT2D eigenvalue weighted by Gasteiger charge is -2.03. The summed E-state index contributed by atoms with van der Waals surface area (Å²) < 4.78 is 14.6. The minimum Gasteiger partial charge on any atom is -0.465 e. The van der Waals surface area contributed by atoms with Crippen molar-refractivity contribution in [1.82, 2.24) is 5.09 Å². The van der Waals surface area contributed by atoms with Gasteiger partial charge in [-0.05, 0) is 13.8 Å². The molecule has 0 amide bonds. The fourth-order valence-corrected chi connectivity index (χ4v) is 0.709. The Morgan fingerprint density at radius 1 is 1.80 bits per heavy atom. The van der Waals surface area contributed by atoms with Crippen molar-refractivity contribution in [3.8, 4) is 0 Å². The Bertz CT molecular complexity index is 128. The average molecular weight is 164 g/mol. The Kier molecular flexibility index (Phi) is 5.08. The molecular weight excluding hydrogens is 153 g/mol. The van der Waals surface area contributed by atoms with Crippen LogP contribution in [0.3, 0.4) is 0 Å². The fraction of sp³-hybridized carbons (Fsp3) is 0.800. The van der Waals surface area contributed by atoms with E-state index in [0.29, 0.717) is 6.61 Å². The highest BCUT2D eigenvalue weighted by Gasteiger charge is 2.15. The average Bonchev–Trinajstić information content (AvgIpc) is 1.89. The maximum Gasteiger partial charge on any atom is 0.419 e. The molecule has 1 N–H and O–H groups in total. The second kappa shape index (κ2) is 5.33. The summed E-state index contributed by atoms with van der Waals surface area (Å²) in [6.45, 7) is 3.68. The Morgan fingerprint density at radius 3 is 2.80 bits per heavy atom. The first-order chi connectivity index (χ1) is 4.72. The lowest BCUT2D eigenvalue weighted by atomic mass is 10.4. The quantitative estimate of drug-likeness (QED) is 0.484. The van der Waals surface area contributed by atoms with Crippen molar-refractivity contribution in [3.63, 3.8) is 0 Å². The van der Waals surface area contributed by atoms with E-state index < -0.39 is 14.7 Å². The summed E-state index contributed by atoms with van der Waals surface area (Å²) in [6, 6.07) is -0.476. The van der Waals surface area contributed by atoms with Crippen molar-refractivity contribution in [2.45, 2.75) is 19.9 Å². The van der Waals surface area contributed by atoms with Crippen LogP contribution in [0.2, 0.25) is 0 Å². The van der Waals surface area contributed by atoms with Gasteiger partial charge < -0.3 is 4.74 Å². The van der Waals surface area contributed by atoms with Crippen LogP contribution in [0, 0.1) is 0 Å². The van der Waals surface area contributed by atoms with Crippen LogP contribution in [-0.4, -0.2) is 18.6 Å². The van der Waals surface area contributed by atoms with Gasteiger partial charge in [0.15, 0.2) is 0 Å². The van der Waals surface area contributed by atoms with Gasteiger partial charge in [-0.15, -0.1) is 0 Å². The van der Waals surface area contributed by atoms with Crippen molar-refractivity contribution in [2.24, 2.45) is 0 Å². The number of ether oxygens (including phenoxy) is 1. The molecule has 0 aliphatic heterocycles. The molecule has 4 nitrogen and oxygen atoms in total. The molecule has 0 saturated heterocycles. The third kappa shape index (κ3) is 3.54. The molecule has 5 heteroatoms. The van der Waals surface area contributed by atoms with E-state index in [9.17, 15) is 9.36 Å². The molecule has 0 saturated carbocycles. The molecule has 0 aliphatic rings. The minimum atomic E-state index is -0.665. The Hall–Kier alpha value is -0.470. The van der Waals surface area contributed by atoms with Gasteiger partial charge in [-0.1, -0.05) is 9.65 Å². The Balaban J connectivity index is 3.58. The fourth-order valence-electron chi connectivity index (χ4n) is 0.415. The van der Waals surface area contributed by atoms with Crippen LogP contribution in [0.5, 0.6) is 0 Å². The van der Waals surface area contributed by atoms with Crippen LogP contribution >= 0.6 is 8.61 Å². The summed E-state index contributed by atoms with van der Waals surface area (Å²) in [7, 11) is -0.665. The molecule has 0 aromatic heterocycles. The highest BCUT2D eigenvalue weighted by molar-refractivity contribution is 7.21. The third-order valence-electron chi connectivity index (χ3n) is 0.916. The Labute approximate surface area is 61.2 Å². The van der Waals surface area contributed by atoms with E-state index in [4.69, 9.17) is 0 Å². The van der Waals surface area contributed by atoms with Crippen molar-refractivity contribution in [2.75, 3.05) is 6.61 Å². The zero-order valence-electron chi connectivity index (χ0n) is 6.01. The first-order valence-electron chi connectivity index (χ1n) is 3.01. The highest BCUT2D eigenvalue weighted by Crippen LogP contribution is 1.92. The minimum absolute atomic E-state index is 0.354. The molecule has 0 aromatic carbocycles. The van der Waals surface area contributed by atoms with Gasteiger partial charge in [0.1, 0.15) is 6.04 Å². The number of rotatable bonds is 4. The molecule has 0 bridgehead atoms. The summed E-state index contributed by atoms with van der Waals surface area (Å²) in [4.78, 5) is 10.7. The van der Waals surface area contributed by atoms with Gasteiger partial charge in [0, 0.05) is 0 Å². The van der Waals surface area contributed by atoms with Gasteiger partial charge in [-0.3, -0.25) is 4.79 Å². The van der Waals surface area contributed by atoms with Crippen molar-refractivity contribution in [3.05, 3.63) is 0 Å². The number of carbonyl (C=O) groups is 1. The zero-order valence-corrected chi connectivity index (χ0v) is 7.01. The summed E-state index contributed by atoms with van der Waals surface area (Å²) in [5, 5.41) is 2.43. The topological polar surface area (TPSA) is 55.4 Å². The molecule has 0 fully saturated rings. The van der Waals surface area contributed by atoms with E-state index >= 15 is 0 Å². The molecule has 1 unspecified atom stereocenters. The predicted molar refractivity (Wildman–Crippen MR) is 38.2 cm³/mol. The first kappa shape index (κ1) is 9.53. The largest absolute Gasteiger partial charge is 0.465 e. The summed E-state index contributed by atoms with van der Waals surface area (Å²) in [5.74, 6) is -0.370. The van der Waals surface area contributed by atoms with E-state index in [0.717, 1.165) is 0 Å². The molecule has 0 radical (unpaired) electrons. The monoisotopic (exact) mass is 164 g/mol. The van der Waals surface area contributed by atoms with E-state index in [2.05, 4.69) is 9.82 Å². The van der Waals surface area contributed by atoms with Crippen molar-refractivity contribution < 1.29 is 14.1 Å². The highest BCUT2D eigenvalue weighted by atomic mass is 31.1. The molecule has 0 spiro atoms. The SMILES string of the molecule is CCOC(=O)[C@H](C)N[PH+]=O. The van der Waals surface area contributed by atoms with E-state index in [1.807, 2.05) is 0 Å². The maximum absolute atomic E-state index is 10.7. The van der Waals surface area contributed by atoms with Crippen LogP contribution in [-0.2, 0) is 14.1 Å². The molecule has 2 atom stereocenters. The normalized spacial score (nSPS) is 13.0. The number of nitrogens with one attached hydrogen (secondary N) is 1. The molecule has 10 heavy (non-hydrogen) atoms. The molecule has 0 aliphatic carbocycles. The lowest BCUT2D eigenvalue weighted by molar-refractivity contribution is -0.144. The van der Waals surface area contributed by atoms with Gasteiger partial charge in [0.05, 0.1) is 6.61 Å². The first-order valence-corrected chi connectivity index (χ1v) is 3.92. The molecular formula is C5H11NO3P+. The van der Waals surface area contributed by atoms with Gasteiger partial charge in [-0.2, -0.15) is 0 Å². The van der Waals surface area contributed by atoms with Crippen molar-refractivity contribution >= 4 is 14.6 Å². The lowest BCUT2D eigenvalue weighted by Crippen LogP contribution is -2.29. The molecule has 0 aromatic rings. The number of hydrogen-bond donors (Lipinski definition) is 1. The second-order valence-corrected chi connectivity index (χ2v) is 2.21. The third-order valence-corrected chi connectivity index (χ3v) is 1.47. The van der Waals surface area contributed by atoms with Gasteiger partial charge in [0.2, 0.25) is 0 Å². The summed E-state index contributed by atoms with van der Waals surface area (Å²) >= 11 is 0. The molecule has 0 heterocycles. The van der Waals surface area contributed by atoms with Crippen LogP contribution in [0.1, 0.15) is 13.8 Å². The van der Waals surface area contributed by atoms with Crippen molar-refractivity contribution in [1.29, 1.82) is 0 Å². The van der Waals surface area contributed by atoms with Gasteiger partial charge >= 0.3 is 14.6 Å². The van der Waals surface area contributed by atoms with Gasteiger partial charge in [-0.25, -0.2) is 0 Å².